The van der Waals surface area contributed by atoms with Gasteiger partial charge in [0.05, 0.1) is 51.2 Å². The van der Waals surface area contributed by atoms with Gasteiger partial charge in [-0.2, -0.15) is 15.6 Å². The van der Waals surface area contributed by atoms with E-state index in [1.165, 1.54) is 29.6 Å². The number of aromatic nitrogens is 5. The molecule has 10 nitrogen and oxygen atoms in total. The summed E-state index contributed by atoms with van der Waals surface area (Å²) < 4.78 is 27.6. The lowest BCUT2D eigenvalue weighted by molar-refractivity contribution is -0.140. The highest BCUT2D eigenvalue weighted by Gasteiger charge is 2.37. The van der Waals surface area contributed by atoms with Gasteiger partial charge in [0.2, 0.25) is 5.91 Å². The van der Waals surface area contributed by atoms with Crippen molar-refractivity contribution in [1.82, 2.24) is 29.6 Å². The minimum atomic E-state index is -3.09. The topological polar surface area (TPSA) is 128 Å². The predicted molar refractivity (Wildman–Crippen MR) is 157 cm³/mol. The molecule has 5 rings (SSSR count). The number of halogens is 3. The zero-order chi connectivity index (χ0) is 31.1. The van der Waals surface area contributed by atoms with Gasteiger partial charge < -0.3 is 9.80 Å². The van der Waals surface area contributed by atoms with Crippen LogP contribution < -0.4 is 4.90 Å². The lowest BCUT2D eigenvalue weighted by atomic mass is 9.49. The number of pyridine rings is 1. The molecule has 0 saturated carbocycles. The number of rotatable bonds is 6. The van der Waals surface area contributed by atoms with Crippen LogP contribution >= 0.6 is 11.6 Å². The van der Waals surface area contributed by atoms with Gasteiger partial charge in [0, 0.05) is 55.3 Å². The number of hydrogen-bond acceptors (Lipinski definition) is 8. The van der Waals surface area contributed by atoms with Crippen molar-refractivity contribution in [3.63, 3.8) is 0 Å². The van der Waals surface area contributed by atoms with Crippen molar-refractivity contribution in [2.75, 3.05) is 24.5 Å². The van der Waals surface area contributed by atoms with Crippen LogP contribution in [0.5, 0.6) is 0 Å². The molecule has 0 N–H and O–H groups in total. The van der Waals surface area contributed by atoms with Gasteiger partial charge in [-0.3, -0.25) is 14.5 Å². The number of nitriles is 2. The smallest absolute Gasteiger partial charge is 0.263 e. The van der Waals surface area contributed by atoms with Gasteiger partial charge in [0.1, 0.15) is 23.9 Å². The highest BCUT2D eigenvalue weighted by atomic mass is 35.5. The molecule has 1 saturated heterocycles. The van der Waals surface area contributed by atoms with Crippen LogP contribution in [0.3, 0.4) is 0 Å². The van der Waals surface area contributed by atoms with Crippen LogP contribution in [0.25, 0.3) is 33.3 Å². The number of anilines is 1. The second-order valence-corrected chi connectivity index (χ2v) is 10.5. The summed E-state index contributed by atoms with van der Waals surface area (Å²) in [5.41, 5.74) is 2.69. The van der Waals surface area contributed by atoms with Crippen LogP contribution in [0.1, 0.15) is 12.6 Å². The van der Waals surface area contributed by atoms with E-state index < -0.39 is 29.5 Å². The van der Waals surface area contributed by atoms with E-state index in [4.69, 9.17) is 40.4 Å². The van der Waals surface area contributed by atoms with Crippen LogP contribution in [0.2, 0.25) is 5.02 Å². The molecule has 0 spiro atoms. The number of nitrogens with zero attached hydrogens (tertiary/aromatic N) is 9. The molecule has 1 aromatic carbocycles. The predicted octanol–water partition coefficient (Wildman–Crippen LogP) is 2.60. The first-order valence-corrected chi connectivity index (χ1v) is 13.3. The van der Waals surface area contributed by atoms with E-state index >= 15 is 0 Å². The van der Waals surface area contributed by atoms with Gasteiger partial charge in [-0.1, -0.05) is 17.7 Å². The number of alkyl halides is 2. The zero-order valence-electron chi connectivity index (χ0n) is 22.7. The second kappa shape index (κ2) is 11.7. The molecule has 4 aromatic rings. The molecular weight excluding hydrogens is 572 g/mol. The number of hydrogen-bond donors (Lipinski definition) is 0. The van der Waals surface area contributed by atoms with Gasteiger partial charge in [-0.25, -0.2) is 18.7 Å². The fourth-order valence-corrected chi connectivity index (χ4v) is 5.34. The molecule has 208 valence electrons. The summed E-state index contributed by atoms with van der Waals surface area (Å²) in [6, 6.07) is 9.68. The summed E-state index contributed by atoms with van der Waals surface area (Å²) in [7, 11) is 17.5. The third-order valence-corrected chi connectivity index (χ3v) is 7.32. The summed E-state index contributed by atoms with van der Waals surface area (Å²) in [5.74, 6) is -2.45. The Morgan fingerprint density at radius 3 is 2.49 bits per heavy atom. The number of carbonyl (C=O) groups is 1. The lowest BCUT2D eigenvalue weighted by Crippen LogP contribution is -2.56. The van der Waals surface area contributed by atoms with Gasteiger partial charge in [0.25, 0.3) is 6.43 Å². The Morgan fingerprint density at radius 2 is 1.88 bits per heavy atom. The molecule has 1 fully saturated rings. The number of benzene rings is 1. The van der Waals surface area contributed by atoms with Crippen LogP contribution in [-0.2, 0) is 10.0 Å². The summed E-state index contributed by atoms with van der Waals surface area (Å²) in [5, 5.41) is 22.2. The van der Waals surface area contributed by atoms with Gasteiger partial charge in [0.15, 0.2) is 5.92 Å². The molecule has 16 heteroatoms. The largest absolute Gasteiger partial charge is 0.352 e. The minimum Gasteiger partial charge on any atom is -0.352 e. The molecule has 1 aliphatic heterocycles. The average Bonchev–Trinajstić information content (AvgIpc) is 3.41. The van der Waals surface area contributed by atoms with Crippen LogP contribution in [0.4, 0.5) is 14.6 Å². The van der Waals surface area contributed by atoms with Crippen LogP contribution in [0, 0.1) is 28.6 Å². The van der Waals surface area contributed by atoms with E-state index in [9.17, 15) is 18.8 Å². The number of fused-ring (bicyclic) bond motifs is 1. The number of piperazine rings is 1. The average molecular weight is 591 g/mol. The van der Waals surface area contributed by atoms with Gasteiger partial charge in [-0.05, 0) is 29.9 Å². The van der Waals surface area contributed by atoms with E-state index in [0.717, 1.165) is 4.68 Å². The van der Waals surface area contributed by atoms with Crippen molar-refractivity contribution >= 4 is 57.8 Å². The maximum absolute atomic E-state index is 13.3. The molecule has 1 aliphatic rings. The molecule has 43 heavy (non-hydrogen) atoms. The molecule has 2 atom stereocenters. The molecule has 1 amide bonds. The normalized spacial score (nSPS) is 16.2. The highest BCUT2D eigenvalue weighted by molar-refractivity contribution is 6.56. The maximum atomic E-state index is 13.3. The second-order valence-electron chi connectivity index (χ2n) is 10.1. The van der Waals surface area contributed by atoms with Crippen molar-refractivity contribution in [3.05, 3.63) is 53.7 Å². The van der Waals surface area contributed by atoms with Crippen molar-refractivity contribution in [3.8, 4) is 34.5 Å². The van der Waals surface area contributed by atoms with Crippen molar-refractivity contribution in [2.45, 2.75) is 24.6 Å². The van der Waals surface area contributed by atoms with Crippen LogP contribution in [0.15, 0.2) is 43.0 Å². The number of carbonyl (C=O) groups excluding carboxylic acids is 1. The van der Waals surface area contributed by atoms with Crippen molar-refractivity contribution in [1.29, 1.82) is 10.5 Å². The van der Waals surface area contributed by atoms with Crippen LogP contribution in [-0.4, -0.2) is 91.2 Å². The summed E-state index contributed by atoms with van der Waals surface area (Å²) >= 11 is 6.27. The zero-order valence-corrected chi connectivity index (χ0v) is 23.4. The first-order valence-electron chi connectivity index (χ1n) is 12.9. The monoisotopic (exact) mass is 591 g/mol. The summed E-state index contributed by atoms with van der Waals surface area (Å²) in [4.78, 5) is 29.3. The van der Waals surface area contributed by atoms with Gasteiger partial charge in [-0.15, -0.1) is 0 Å². The standard InChI is InChI=1S/C27H19B3ClF2N9O/c1-14-12-40(4-5-41(14)26(43)20(9-35)24(32)33)25-22-18(15-6-16(31)11-36-10-15)2-3-19(23(22)37-13-38-25)21-7-17(8-34)42(39-21)27(28,29)30/h2-3,6-7,10-11,13-14,20,24H,4-5,12H2,1H3. The molecule has 3 aromatic heterocycles. The molecule has 2 unspecified atom stereocenters. The third kappa shape index (κ3) is 5.65. The number of amides is 1. The quantitative estimate of drug-likeness (QED) is 0.313. The molecule has 4 heterocycles. The van der Waals surface area contributed by atoms with Gasteiger partial charge >= 0.3 is 0 Å². The fraction of sp³-hybridized carbons (Fsp3) is 0.296. The molecule has 6 radical (unpaired) electrons. The van der Waals surface area contributed by atoms with Crippen molar-refractivity contribution < 1.29 is 13.6 Å². The third-order valence-electron chi connectivity index (χ3n) is 7.12. The molecule has 0 aliphatic carbocycles. The Morgan fingerprint density at radius 1 is 1.14 bits per heavy atom. The Kier molecular flexibility index (Phi) is 8.13. The SMILES string of the molecule is [B]C([B])([B])n1nc(-c2ccc(-c3cncc(Cl)c3)c3c(N4CCN(C(=O)C(C#N)C(F)F)C(C)C4)ncnc23)cc1C#N. The minimum absolute atomic E-state index is 0.0298. The summed E-state index contributed by atoms with van der Waals surface area (Å²) in [6.45, 7) is 2.28. The molecule has 0 bridgehead atoms. The summed E-state index contributed by atoms with van der Waals surface area (Å²) in [6.07, 6.45) is 1.41. The lowest BCUT2D eigenvalue weighted by Gasteiger charge is -2.41. The highest BCUT2D eigenvalue weighted by Crippen LogP contribution is 2.39. The Balaban J connectivity index is 1.65. The Bertz CT molecular complexity index is 1800. The first-order chi connectivity index (χ1) is 20.4. The maximum Gasteiger partial charge on any atom is 0.263 e. The van der Waals surface area contributed by atoms with E-state index in [1.807, 2.05) is 17.0 Å². The Hall–Kier alpha value is -4.49. The Labute approximate surface area is 254 Å². The van der Waals surface area contributed by atoms with E-state index in [1.54, 1.807) is 25.3 Å². The van der Waals surface area contributed by atoms with E-state index in [0.29, 0.717) is 44.1 Å². The fourth-order valence-electron chi connectivity index (χ4n) is 5.17. The van der Waals surface area contributed by atoms with Crippen molar-refractivity contribution in [2.24, 2.45) is 5.92 Å². The van der Waals surface area contributed by atoms with E-state index in [-0.39, 0.29) is 25.3 Å². The van der Waals surface area contributed by atoms with E-state index in [2.05, 4.69) is 20.1 Å². The first kappa shape index (κ1) is 30.0. The molecular formula is C27H19B3ClF2N9O.